The molecule has 0 radical (unpaired) electrons. The van der Waals surface area contributed by atoms with Gasteiger partial charge in [0.15, 0.2) is 0 Å². The Morgan fingerprint density at radius 1 is 0.938 bits per heavy atom. The zero-order chi connectivity index (χ0) is 12.4. The summed E-state index contributed by atoms with van der Waals surface area (Å²) in [6.45, 7) is 7.41. The van der Waals surface area contributed by atoms with Crippen molar-refractivity contribution in [3.8, 4) is 0 Å². The minimum absolute atomic E-state index is 0.208. The maximum atomic E-state index is 14.3. The Hall–Kier alpha value is 0.214. The van der Waals surface area contributed by atoms with Gasteiger partial charge in [0.25, 0.3) is 0 Å². The number of hydrogen-bond donors (Lipinski definition) is 0. The van der Waals surface area contributed by atoms with Crippen LogP contribution < -0.4 is 0 Å². The molecule has 1 rings (SSSR count). The van der Waals surface area contributed by atoms with Gasteiger partial charge in [-0.2, -0.15) is 0 Å². The molecule has 16 heavy (non-hydrogen) atoms. The fourth-order valence-electron chi connectivity index (χ4n) is 2.51. The van der Waals surface area contributed by atoms with Crippen LogP contribution in [-0.4, -0.2) is 30.5 Å². The summed E-state index contributed by atoms with van der Waals surface area (Å²) >= 11 is 0. The van der Waals surface area contributed by atoms with Gasteiger partial charge >= 0.3 is 17.3 Å². The van der Waals surface area contributed by atoms with E-state index in [4.69, 9.17) is 8.85 Å². The van der Waals surface area contributed by atoms with Crippen molar-refractivity contribution in [2.24, 2.45) is 0 Å². The first-order chi connectivity index (χ1) is 7.35. The minimum Gasteiger partial charge on any atom is -0.392 e. The molecule has 0 bridgehead atoms. The quantitative estimate of drug-likeness (QED) is 0.540. The zero-order valence-corrected chi connectivity index (χ0v) is 12.6. The normalized spacial score (nSPS) is 32.6. The lowest BCUT2D eigenvalue weighted by Gasteiger charge is -2.45. The van der Waals surface area contributed by atoms with Gasteiger partial charge in [0.05, 0.1) is 0 Å². The minimum atomic E-state index is -3.21. The van der Waals surface area contributed by atoms with E-state index in [9.17, 15) is 8.22 Å². The molecular formula is C10H22F2O2Si2. The molecule has 6 heteroatoms. The van der Waals surface area contributed by atoms with Gasteiger partial charge in [0.2, 0.25) is 0 Å². The van der Waals surface area contributed by atoms with Crippen LogP contribution in [0.4, 0.5) is 8.22 Å². The highest BCUT2D eigenvalue weighted by molar-refractivity contribution is 6.74. The van der Waals surface area contributed by atoms with E-state index >= 15 is 0 Å². The Kier molecular flexibility index (Phi) is 4.68. The van der Waals surface area contributed by atoms with Crippen molar-refractivity contribution in [2.75, 3.05) is 13.2 Å². The van der Waals surface area contributed by atoms with Gasteiger partial charge in [-0.15, -0.1) is 0 Å². The lowest BCUT2D eigenvalue weighted by Crippen LogP contribution is -2.51. The third-order valence-electron chi connectivity index (χ3n) is 3.45. The SMILES string of the molecule is CCO[Si](C)(F)C1CCC1[Si](C)(F)OCC. The van der Waals surface area contributed by atoms with Crippen LogP contribution >= 0.6 is 0 Å². The summed E-state index contributed by atoms with van der Waals surface area (Å²) in [4.78, 5) is 0. The van der Waals surface area contributed by atoms with Crippen LogP contribution in [0.25, 0.3) is 0 Å². The molecule has 4 atom stereocenters. The van der Waals surface area contributed by atoms with E-state index in [1.165, 1.54) is 0 Å². The van der Waals surface area contributed by atoms with Crippen molar-refractivity contribution in [1.82, 2.24) is 0 Å². The molecule has 1 aliphatic rings. The van der Waals surface area contributed by atoms with E-state index < -0.39 is 17.3 Å². The van der Waals surface area contributed by atoms with Crippen LogP contribution in [0.15, 0.2) is 0 Å². The number of hydrogen-bond acceptors (Lipinski definition) is 2. The molecular weight excluding hydrogens is 246 g/mol. The van der Waals surface area contributed by atoms with Crippen molar-refractivity contribution < 1.29 is 17.1 Å². The summed E-state index contributed by atoms with van der Waals surface area (Å²) in [5.41, 5.74) is -0.415. The van der Waals surface area contributed by atoms with Gasteiger partial charge < -0.3 is 8.85 Å². The highest BCUT2D eigenvalue weighted by Crippen LogP contribution is 2.56. The molecule has 2 nitrogen and oxygen atoms in total. The summed E-state index contributed by atoms with van der Waals surface area (Å²) in [7, 11) is -6.41. The Balaban J connectivity index is 2.64. The van der Waals surface area contributed by atoms with Crippen LogP contribution in [0, 0.1) is 0 Å². The summed E-state index contributed by atoms with van der Waals surface area (Å²) < 4.78 is 39.0. The Bertz CT molecular complexity index is 213. The number of halogens is 2. The predicted molar refractivity (Wildman–Crippen MR) is 65.4 cm³/mol. The van der Waals surface area contributed by atoms with E-state index in [0.717, 1.165) is 12.8 Å². The maximum Gasteiger partial charge on any atom is 0.383 e. The van der Waals surface area contributed by atoms with E-state index in [0.29, 0.717) is 13.2 Å². The summed E-state index contributed by atoms with van der Waals surface area (Å²) in [5.74, 6) is 0. The fraction of sp³-hybridized carbons (Fsp3) is 1.00. The zero-order valence-electron chi connectivity index (χ0n) is 10.6. The van der Waals surface area contributed by atoms with Crippen molar-refractivity contribution in [1.29, 1.82) is 0 Å². The predicted octanol–water partition coefficient (Wildman–Crippen LogP) is 3.68. The standard InChI is InChI=1S/C10H22F2O2Si2/c1-5-13-15(3,11)9-7-8-10(9)16(4,12)14-6-2/h9-10H,5-8H2,1-4H3. The molecule has 4 unspecified atom stereocenters. The smallest absolute Gasteiger partial charge is 0.383 e. The first-order valence-electron chi connectivity index (χ1n) is 6.00. The highest BCUT2D eigenvalue weighted by atomic mass is 28.4. The molecule has 0 aromatic carbocycles. The Labute approximate surface area is 98.9 Å². The van der Waals surface area contributed by atoms with Gasteiger partial charge in [-0.1, -0.05) is 0 Å². The first-order valence-corrected chi connectivity index (χ1v) is 10.7. The molecule has 96 valence electrons. The molecule has 0 aromatic rings. The maximum absolute atomic E-state index is 14.3. The molecule has 0 saturated heterocycles. The lowest BCUT2D eigenvalue weighted by atomic mass is 9.98. The summed E-state index contributed by atoms with van der Waals surface area (Å²) in [5, 5.41) is 0. The van der Waals surface area contributed by atoms with Crippen molar-refractivity contribution in [2.45, 2.75) is 50.9 Å². The second-order valence-corrected chi connectivity index (χ2v) is 10.6. The van der Waals surface area contributed by atoms with Gasteiger partial charge in [-0.05, 0) is 39.8 Å². The molecule has 0 N–H and O–H groups in total. The van der Waals surface area contributed by atoms with Crippen molar-refractivity contribution in [3.63, 3.8) is 0 Å². The fourth-order valence-corrected chi connectivity index (χ4v) is 8.99. The van der Waals surface area contributed by atoms with E-state index in [-0.39, 0.29) is 11.1 Å². The van der Waals surface area contributed by atoms with Crippen LogP contribution in [0.2, 0.25) is 24.2 Å². The van der Waals surface area contributed by atoms with E-state index in [2.05, 4.69) is 0 Å². The number of rotatable bonds is 6. The molecule has 0 heterocycles. The molecule has 0 amide bonds. The molecule has 0 aromatic heterocycles. The summed E-state index contributed by atoms with van der Waals surface area (Å²) in [6.07, 6.45) is 1.51. The van der Waals surface area contributed by atoms with Crippen LogP contribution in [0.5, 0.6) is 0 Å². The molecule has 1 saturated carbocycles. The summed E-state index contributed by atoms with van der Waals surface area (Å²) in [6, 6.07) is 0. The second kappa shape index (κ2) is 5.24. The van der Waals surface area contributed by atoms with Crippen molar-refractivity contribution in [3.05, 3.63) is 0 Å². The molecule has 1 aliphatic carbocycles. The second-order valence-electron chi connectivity index (χ2n) is 4.63. The third-order valence-corrected chi connectivity index (χ3v) is 9.52. The average molecular weight is 268 g/mol. The first kappa shape index (κ1) is 14.3. The van der Waals surface area contributed by atoms with Crippen LogP contribution in [0.1, 0.15) is 26.7 Å². The van der Waals surface area contributed by atoms with Crippen molar-refractivity contribution >= 4 is 17.3 Å². The molecule has 0 spiro atoms. The van der Waals surface area contributed by atoms with Gasteiger partial charge in [-0.25, -0.2) is 0 Å². The third kappa shape index (κ3) is 2.91. The topological polar surface area (TPSA) is 18.5 Å². The molecule has 1 fully saturated rings. The monoisotopic (exact) mass is 268 g/mol. The van der Waals surface area contributed by atoms with E-state index in [1.54, 1.807) is 26.9 Å². The lowest BCUT2D eigenvalue weighted by molar-refractivity contribution is 0.220. The molecule has 0 aliphatic heterocycles. The largest absolute Gasteiger partial charge is 0.392 e. The van der Waals surface area contributed by atoms with Gasteiger partial charge in [0.1, 0.15) is 0 Å². The Morgan fingerprint density at radius 3 is 1.44 bits per heavy atom. The highest BCUT2D eigenvalue weighted by Gasteiger charge is 2.58. The average Bonchev–Trinajstić information content (AvgIpc) is 1.97. The van der Waals surface area contributed by atoms with Gasteiger partial charge in [-0.3, -0.25) is 8.22 Å². The van der Waals surface area contributed by atoms with Crippen LogP contribution in [0.3, 0.4) is 0 Å². The van der Waals surface area contributed by atoms with Gasteiger partial charge in [0, 0.05) is 24.3 Å². The van der Waals surface area contributed by atoms with E-state index in [1.807, 2.05) is 0 Å². The Morgan fingerprint density at radius 2 is 1.25 bits per heavy atom. The van der Waals surface area contributed by atoms with Crippen LogP contribution in [-0.2, 0) is 8.85 Å².